The Hall–Kier alpha value is -1.42. The molecule has 1 aliphatic heterocycles. The maximum atomic E-state index is 12.9. The highest BCUT2D eigenvalue weighted by molar-refractivity contribution is 5.78. The van der Waals surface area contributed by atoms with Crippen LogP contribution in [0.3, 0.4) is 0 Å². The van der Waals surface area contributed by atoms with E-state index in [0.717, 1.165) is 0 Å². The van der Waals surface area contributed by atoms with Crippen LogP contribution in [0.1, 0.15) is 18.6 Å². The fourth-order valence-corrected chi connectivity index (χ4v) is 1.45. The van der Waals surface area contributed by atoms with Gasteiger partial charge in [-0.25, -0.2) is 9.18 Å². The van der Waals surface area contributed by atoms with Crippen LogP contribution >= 0.6 is 0 Å². The number of halogens is 1. The lowest BCUT2D eigenvalue weighted by Gasteiger charge is -1.97. The summed E-state index contributed by atoms with van der Waals surface area (Å²) in [6, 6.07) is 6.04. The molecule has 0 saturated carbocycles. The highest BCUT2D eigenvalue weighted by atomic mass is 19.1. The number of hydrogen-bond acceptors (Lipinski definition) is 3. The molecule has 0 radical (unpaired) electrons. The van der Waals surface area contributed by atoms with Crippen molar-refractivity contribution in [3.8, 4) is 0 Å². The molecule has 80 valence electrons. The first-order valence-electron chi connectivity index (χ1n) is 4.80. The van der Waals surface area contributed by atoms with Crippen molar-refractivity contribution in [2.45, 2.75) is 19.1 Å². The number of benzene rings is 1. The lowest BCUT2D eigenvalue weighted by Crippen LogP contribution is -2.11. The third-order valence-electron chi connectivity index (χ3n) is 2.19. The van der Waals surface area contributed by atoms with Gasteiger partial charge in [0, 0.05) is 0 Å². The first-order valence-corrected chi connectivity index (χ1v) is 4.80. The van der Waals surface area contributed by atoms with E-state index in [1.807, 2.05) is 0 Å². The second kappa shape index (κ2) is 3.98. The predicted octanol–water partition coefficient (Wildman–Crippen LogP) is 1.83. The fraction of sp³-hybridized carbons (Fsp3) is 0.364. The molecule has 0 N–H and O–H groups in total. The average Bonchev–Trinajstić information content (AvgIpc) is 2.97. The molecular formula is C11H11FO3. The van der Waals surface area contributed by atoms with Crippen LogP contribution in [0.4, 0.5) is 4.39 Å². The van der Waals surface area contributed by atoms with Crippen molar-refractivity contribution in [1.29, 1.82) is 0 Å². The molecule has 15 heavy (non-hydrogen) atoms. The molecule has 2 atom stereocenters. The third kappa shape index (κ3) is 2.15. The van der Waals surface area contributed by atoms with E-state index >= 15 is 0 Å². The van der Waals surface area contributed by atoms with Crippen molar-refractivity contribution in [3.63, 3.8) is 0 Å². The SMILES string of the molecule is CCOC(=O)[C@H]1O[C@@H]1c1cccc(F)c1. The van der Waals surface area contributed by atoms with Crippen molar-refractivity contribution in [3.05, 3.63) is 35.6 Å². The topological polar surface area (TPSA) is 38.8 Å². The van der Waals surface area contributed by atoms with Crippen LogP contribution in [0.25, 0.3) is 0 Å². The standard InChI is InChI=1S/C11H11FO3/c1-2-14-11(13)10-9(15-10)7-4-3-5-8(12)6-7/h3-6,9-10H,2H2,1H3/t9-,10+/m1/s1. The first kappa shape index (κ1) is 10.1. The summed E-state index contributed by atoms with van der Waals surface area (Å²) in [4.78, 5) is 11.2. The normalized spacial score (nSPS) is 23.6. The van der Waals surface area contributed by atoms with Gasteiger partial charge in [0.05, 0.1) is 6.61 Å². The van der Waals surface area contributed by atoms with Crippen LogP contribution < -0.4 is 0 Å². The first-order chi connectivity index (χ1) is 7.22. The number of hydrogen-bond donors (Lipinski definition) is 0. The number of rotatable bonds is 3. The summed E-state index contributed by atoms with van der Waals surface area (Å²) in [6.45, 7) is 2.06. The fourth-order valence-electron chi connectivity index (χ4n) is 1.45. The molecule has 1 fully saturated rings. The summed E-state index contributed by atoms with van der Waals surface area (Å²) in [5.41, 5.74) is 0.674. The molecule has 2 rings (SSSR count). The Morgan fingerprint density at radius 1 is 1.60 bits per heavy atom. The zero-order valence-corrected chi connectivity index (χ0v) is 8.27. The van der Waals surface area contributed by atoms with Gasteiger partial charge >= 0.3 is 5.97 Å². The van der Waals surface area contributed by atoms with Crippen molar-refractivity contribution >= 4 is 5.97 Å². The van der Waals surface area contributed by atoms with E-state index in [-0.39, 0.29) is 17.9 Å². The van der Waals surface area contributed by atoms with Crippen molar-refractivity contribution in [2.24, 2.45) is 0 Å². The van der Waals surface area contributed by atoms with Crippen molar-refractivity contribution in [1.82, 2.24) is 0 Å². The molecule has 1 heterocycles. The molecule has 3 nitrogen and oxygen atoms in total. The number of carbonyl (C=O) groups is 1. The molecule has 0 spiro atoms. The summed E-state index contributed by atoms with van der Waals surface area (Å²) in [5, 5.41) is 0. The van der Waals surface area contributed by atoms with Gasteiger partial charge in [0.2, 0.25) is 0 Å². The summed E-state index contributed by atoms with van der Waals surface area (Å²) < 4.78 is 22.8. The highest BCUT2D eigenvalue weighted by Crippen LogP contribution is 2.39. The van der Waals surface area contributed by atoms with Crippen molar-refractivity contribution < 1.29 is 18.7 Å². The van der Waals surface area contributed by atoms with E-state index in [4.69, 9.17) is 9.47 Å². The molecule has 4 heteroatoms. The van der Waals surface area contributed by atoms with E-state index < -0.39 is 6.10 Å². The maximum Gasteiger partial charge on any atom is 0.338 e. The molecule has 0 bridgehead atoms. The van der Waals surface area contributed by atoms with Crippen LogP contribution in [0.2, 0.25) is 0 Å². The van der Waals surface area contributed by atoms with E-state index in [0.29, 0.717) is 12.2 Å². The summed E-state index contributed by atoms with van der Waals surface area (Å²) in [7, 11) is 0. The van der Waals surface area contributed by atoms with Gasteiger partial charge in [0.1, 0.15) is 11.9 Å². The second-order valence-electron chi connectivity index (χ2n) is 3.28. The van der Waals surface area contributed by atoms with Gasteiger partial charge in [-0.3, -0.25) is 0 Å². The maximum absolute atomic E-state index is 12.9. The van der Waals surface area contributed by atoms with Crippen LogP contribution in [-0.2, 0) is 14.3 Å². The van der Waals surface area contributed by atoms with Crippen LogP contribution in [0.5, 0.6) is 0 Å². The monoisotopic (exact) mass is 210 g/mol. The molecule has 0 unspecified atom stereocenters. The van der Waals surface area contributed by atoms with E-state index in [2.05, 4.69) is 0 Å². The predicted molar refractivity (Wildman–Crippen MR) is 50.6 cm³/mol. The van der Waals surface area contributed by atoms with E-state index in [1.165, 1.54) is 12.1 Å². The van der Waals surface area contributed by atoms with Crippen LogP contribution in [0, 0.1) is 5.82 Å². The smallest absolute Gasteiger partial charge is 0.338 e. The highest BCUT2D eigenvalue weighted by Gasteiger charge is 2.47. The largest absolute Gasteiger partial charge is 0.464 e. The van der Waals surface area contributed by atoms with Gasteiger partial charge in [-0.1, -0.05) is 12.1 Å². The Bertz CT molecular complexity index is 378. The molecule has 0 aliphatic carbocycles. The van der Waals surface area contributed by atoms with Gasteiger partial charge < -0.3 is 9.47 Å². The van der Waals surface area contributed by atoms with Crippen molar-refractivity contribution in [2.75, 3.05) is 6.61 Å². The minimum atomic E-state index is -0.563. The van der Waals surface area contributed by atoms with Gasteiger partial charge in [-0.15, -0.1) is 0 Å². The molecule has 1 aromatic carbocycles. The lowest BCUT2D eigenvalue weighted by atomic mass is 10.1. The molecule has 1 saturated heterocycles. The zero-order valence-electron chi connectivity index (χ0n) is 8.27. The Kier molecular flexibility index (Phi) is 2.68. The Balaban J connectivity index is 2.01. The number of esters is 1. The van der Waals surface area contributed by atoms with Gasteiger partial charge in [-0.2, -0.15) is 0 Å². The van der Waals surface area contributed by atoms with E-state index in [9.17, 15) is 9.18 Å². The minimum Gasteiger partial charge on any atom is -0.464 e. The molecular weight excluding hydrogens is 199 g/mol. The quantitative estimate of drug-likeness (QED) is 0.564. The number of carbonyl (C=O) groups excluding carboxylic acids is 1. The lowest BCUT2D eigenvalue weighted by molar-refractivity contribution is -0.144. The number of ether oxygens (including phenoxy) is 2. The molecule has 0 amide bonds. The Morgan fingerprint density at radius 3 is 3.07 bits per heavy atom. The minimum absolute atomic E-state index is 0.328. The molecule has 0 aromatic heterocycles. The average molecular weight is 210 g/mol. The van der Waals surface area contributed by atoms with Gasteiger partial charge in [-0.05, 0) is 24.6 Å². The van der Waals surface area contributed by atoms with Gasteiger partial charge in [0.15, 0.2) is 6.10 Å². The van der Waals surface area contributed by atoms with Crippen LogP contribution in [-0.4, -0.2) is 18.7 Å². The number of epoxide rings is 1. The summed E-state index contributed by atoms with van der Waals surface area (Å²) >= 11 is 0. The summed E-state index contributed by atoms with van der Waals surface area (Å²) in [5.74, 6) is -0.711. The Morgan fingerprint density at radius 2 is 2.40 bits per heavy atom. The molecule has 1 aromatic rings. The van der Waals surface area contributed by atoms with Crippen LogP contribution in [0.15, 0.2) is 24.3 Å². The second-order valence-corrected chi connectivity index (χ2v) is 3.28. The van der Waals surface area contributed by atoms with Gasteiger partial charge in [0.25, 0.3) is 0 Å². The zero-order chi connectivity index (χ0) is 10.8. The molecule has 1 aliphatic rings. The van der Waals surface area contributed by atoms with E-state index in [1.54, 1.807) is 19.1 Å². The third-order valence-corrected chi connectivity index (χ3v) is 2.19. The summed E-state index contributed by atoms with van der Waals surface area (Å²) in [6.07, 6.45) is -0.911. The Labute approximate surface area is 86.8 Å².